The van der Waals surface area contributed by atoms with Gasteiger partial charge in [0.25, 0.3) is 0 Å². The lowest BCUT2D eigenvalue weighted by Gasteiger charge is -2.09. The van der Waals surface area contributed by atoms with E-state index in [2.05, 4.69) is 10.3 Å². The van der Waals surface area contributed by atoms with Crippen LogP contribution in [0, 0.1) is 11.6 Å². The SMILES string of the molecule is COc1nc(Nc2ccc(F)cc2F)ccc1N. The number of methoxy groups -OCH3 is 1. The summed E-state index contributed by atoms with van der Waals surface area (Å²) in [5.41, 5.74) is 6.10. The number of nitrogens with one attached hydrogen (secondary N) is 1. The van der Waals surface area contributed by atoms with Gasteiger partial charge in [0.05, 0.1) is 18.5 Å². The molecule has 1 aromatic carbocycles. The van der Waals surface area contributed by atoms with Crippen molar-refractivity contribution in [3.8, 4) is 5.88 Å². The third kappa shape index (κ3) is 2.48. The molecule has 3 N–H and O–H groups in total. The molecule has 0 fully saturated rings. The van der Waals surface area contributed by atoms with E-state index in [9.17, 15) is 8.78 Å². The van der Waals surface area contributed by atoms with Crippen molar-refractivity contribution in [1.29, 1.82) is 0 Å². The first-order valence-electron chi connectivity index (χ1n) is 5.12. The van der Waals surface area contributed by atoms with Crippen molar-refractivity contribution in [1.82, 2.24) is 4.98 Å². The molecule has 2 aromatic rings. The van der Waals surface area contributed by atoms with Crippen LogP contribution in [0.3, 0.4) is 0 Å². The highest BCUT2D eigenvalue weighted by Gasteiger charge is 2.07. The zero-order valence-electron chi connectivity index (χ0n) is 9.58. The van der Waals surface area contributed by atoms with Crippen molar-refractivity contribution in [2.75, 3.05) is 18.2 Å². The van der Waals surface area contributed by atoms with Gasteiger partial charge in [0.1, 0.15) is 17.5 Å². The summed E-state index contributed by atoms with van der Waals surface area (Å²) in [6.07, 6.45) is 0. The van der Waals surface area contributed by atoms with Crippen LogP contribution in [-0.4, -0.2) is 12.1 Å². The van der Waals surface area contributed by atoms with Gasteiger partial charge in [-0.1, -0.05) is 0 Å². The van der Waals surface area contributed by atoms with Crippen LogP contribution in [0.1, 0.15) is 0 Å². The fraction of sp³-hybridized carbons (Fsp3) is 0.0833. The van der Waals surface area contributed by atoms with E-state index >= 15 is 0 Å². The Kier molecular flexibility index (Phi) is 3.27. The second-order valence-corrected chi connectivity index (χ2v) is 3.54. The van der Waals surface area contributed by atoms with E-state index in [1.807, 2.05) is 0 Å². The predicted octanol–water partition coefficient (Wildman–Crippen LogP) is 2.69. The summed E-state index contributed by atoms with van der Waals surface area (Å²) in [5, 5.41) is 2.71. The van der Waals surface area contributed by atoms with Gasteiger partial charge in [0, 0.05) is 6.07 Å². The van der Waals surface area contributed by atoms with Crippen LogP contribution in [0.25, 0.3) is 0 Å². The quantitative estimate of drug-likeness (QED) is 0.880. The first-order valence-corrected chi connectivity index (χ1v) is 5.12. The number of hydrogen-bond donors (Lipinski definition) is 2. The molecule has 0 saturated heterocycles. The zero-order valence-corrected chi connectivity index (χ0v) is 9.58. The molecule has 0 aliphatic rings. The molecule has 6 heteroatoms. The average Bonchev–Trinajstić information content (AvgIpc) is 2.35. The fourth-order valence-corrected chi connectivity index (χ4v) is 1.41. The summed E-state index contributed by atoms with van der Waals surface area (Å²) < 4.78 is 31.1. The molecule has 0 amide bonds. The number of anilines is 3. The Hall–Kier alpha value is -2.37. The minimum Gasteiger partial charge on any atom is -0.479 e. The summed E-state index contributed by atoms with van der Waals surface area (Å²) in [4.78, 5) is 4.03. The van der Waals surface area contributed by atoms with Gasteiger partial charge in [-0.25, -0.2) is 8.78 Å². The lowest BCUT2D eigenvalue weighted by atomic mass is 10.3. The normalized spacial score (nSPS) is 10.2. The van der Waals surface area contributed by atoms with Crippen molar-refractivity contribution < 1.29 is 13.5 Å². The maximum Gasteiger partial charge on any atom is 0.238 e. The number of ether oxygens (including phenoxy) is 1. The van der Waals surface area contributed by atoms with Gasteiger partial charge in [-0.05, 0) is 24.3 Å². The number of nitrogen functional groups attached to an aromatic ring is 1. The molecule has 0 bridgehead atoms. The molecule has 0 spiro atoms. The highest BCUT2D eigenvalue weighted by molar-refractivity contribution is 5.61. The van der Waals surface area contributed by atoms with E-state index in [1.165, 1.54) is 13.2 Å². The molecule has 94 valence electrons. The average molecular weight is 251 g/mol. The first kappa shape index (κ1) is 12.1. The van der Waals surface area contributed by atoms with E-state index < -0.39 is 11.6 Å². The van der Waals surface area contributed by atoms with Crippen LogP contribution >= 0.6 is 0 Å². The van der Waals surface area contributed by atoms with E-state index in [0.29, 0.717) is 11.5 Å². The van der Waals surface area contributed by atoms with Crippen LogP contribution in [0.4, 0.5) is 26.0 Å². The topological polar surface area (TPSA) is 60.2 Å². The monoisotopic (exact) mass is 251 g/mol. The van der Waals surface area contributed by atoms with Crippen molar-refractivity contribution in [2.24, 2.45) is 0 Å². The molecule has 2 rings (SSSR count). The maximum absolute atomic E-state index is 13.4. The van der Waals surface area contributed by atoms with Crippen LogP contribution in [-0.2, 0) is 0 Å². The number of halogens is 2. The van der Waals surface area contributed by atoms with E-state index in [-0.39, 0.29) is 11.6 Å². The molecule has 0 radical (unpaired) electrons. The Morgan fingerprint density at radius 1 is 1.22 bits per heavy atom. The van der Waals surface area contributed by atoms with E-state index in [0.717, 1.165) is 12.1 Å². The summed E-state index contributed by atoms with van der Waals surface area (Å²) in [7, 11) is 1.43. The van der Waals surface area contributed by atoms with E-state index in [1.54, 1.807) is 12.1 Å². The molecule has 0 aliphatic carbocycles. The number of rotatable bonds is 3. The van der Waals surface area contributed by atoms with Gasteiger partial charge < -0.3 is 15.8 Å². The molecule has 1 heterocycles. The Morgan fingerprint density at radius 2 is 2.00 bits per heavy atom. The second-order valence-electron chi connectivity index (χ2n) is 3.54. The molecule has 0 atom stereocenters. The lowest BCUT2D eigenvalue weighted by Crippen LogP contribution is -2.00. The Bertz CT molecular complexity index is 575. The summed E-state index contributed by atoms with van der Waals surface area (Å²) in [6.45, 7) is 0. The number of nitrogens with zero attached hydrogens (tertiary/aromatic N) is 1. The molecule has 18 heavy (non-hydrogen) atoms. The zero-order chi connectivity index (χ0) is 13.1. The first-order chi connectivity index (χ1) is 8.60. The summed E-state index contributed by atoms with van der Waals surface area (Å²) in [6, 6.07) is 6.38. The molecule has 0 unspecified atom stereocenters. The molecule has 4 nitrogen and oxygen atoms in total. The highest BCUT2D eigenvalue weighted by atomic mass is 19.1. The third-order valence-electron chi connectivity index (χ3n) is 2.28. The van der Waals surface area contributed by atoms with Gasteiger partial charge in [-0.3, -0.25) is 0 Å². The maximum atomic E-state index is 13.4. The number of benzene rings is 1. The number of nitrogens with two attached hydrogens (primary N) is 1. The lowest BCUT2D eigenvalue weighted by molar-refractivity contribution is 0.401. The molecule has 0 saturated carbocycles. The van der Waals surface area contributed by atoms with Gasteiger partial charge in [0.15, 0.2) is 0 Å². The number of aromatic nitrogens is 1. The van der Waals surface area contributed by atoms with Crippen LogP contribution in [0.2, 0.25) is 0 Å². The third-order valence-corrected chi connectivity index (χ3v) is 2.28. The Morgan fingerprint density at radius 3 is 2.67 bits per heavy atom. The number of pyridine rings is 1. The van der Waals surface area contributed by atoms with Crippen molar-refractivity contribution >= 4 is 17.2 Å². The van der Waals surface area contributed by atoms with Gasteiger partial charge in [0.2, 0.25) is 5.88 Å². The minimum absolute atomic E-state index is 0.121. The van der Waals surface area contributed by atoms with Gasteiger partial charge >= 0.3 is 0 Å². The van der Waals surface area contributed by atoms with Crippen LogP contribution < -0.4 is 15.8 Å². The predicted molar refractivity (Wildman–Crippen MR) is 64.8 cm³/mol. The molecular weight excluding hydrogens is 240 g/mol. The Labute approximate surface area is 102 Å². The summed E-state index contributed by atoms with van der Waals surface area (Å²) >= 11 is 0. The second kappa shape index (κ2) is 4.87. The molecular formula is C12H11F2N3O. The van der Waals surface area contributed by atoms with Crippen LogP contribution in [0.15, 0.2) is 30.3 Å². The van der Waals surface area contributed by atoms with Crippen molar-refractivity contribution in [2.45, 2.75) is 0 Å². The molecule has 1 aromatic heterocycles. The van der Waals surface area contributed by atoms with Crippen LogP contribution in [0.5, 0.6) is 5.88 Å². The number of hydrogen-bond acceptors (Lipinski definition) is 4. The molecule has 0 aliphatic heterocycles. The Balaban J connectivity index is 2.28. The van der Waals surface area contributed by atoms with Crippen molar-refractivity contribution in [3.63, 3.8) is 0 Å². The smallest absolute Gasteiger partial charge is 0.238 e. The van der Waals surface area contributed by atoms with Gasteiger partial charge in [-0.15, -0.1) is 0 Å². The van der Waals surface area contributed by atoms with Gasteiger partial charge in [-0.2, -0.15) is 4.98 Å². The van der Waals surface area contributed by atoms with E-state index in [4.69, 9.17) is 10.5 Å². The summed E-state index contributed by atoms with van der Waals surface area (Å²) in [5.74, 6) is -0.748. The minimum atomic E-state index is -0.701. The van der Waals surface area contributed by atoms with Crippen molar-refractivity contribution in [3.05, 3.63) is 42.0 Å². The fourth-order valence-electron chi connectivity index (χ4n) is 1.41. The standard InChI is InChI=1S/C12H11F2N3O/c1-18-12-9(15)3-5-11(17-12)16-10-4-2-7(13)6-8(10)14/h2-6H,15H2,1H3,(H,16,17). The highest BCUT2D eigenvalue weighted by Crippen LogP contribution is 2.24. The largest absolute Gasteiger partial charge is 0.479 e.